The van der Waals surface area contributed by atoms with Gasteiger partial charge < -0.3 is 25.2 Å². The molecule has 0 aromatic heterocycles. The lowest BCUT2D eigenvalue weighted by molar-refractivity contribution is 0.0868. The maximum atomic E-state index is 12.1. The molecule has 2 aliphatic rings. The molecule has 2 N–H and O–H groups in total. The van der Waals surface area contributed by atoms with E-state index in [-0.39, 0.29) is 18.2 Å². The molecule has 138 valence electrons. The molecule has 2 saturated heterocycles. The fourth-order valence-corrected chi connectivity index (χ4v) is 3.54. The van der Waals surface area contributed by atoms with Gasteiger partial charge in [-0.05, 0) is 50.6 Å². The van der Waals surface area contributed by atoms with Gasteiger partial charge in [0.05, 0.1) is 12.1 Å². The molecule has 3 rings (SSSR count). The molecule has 6 heteroatoms. The van der Waals surface area contributed by atoms with Gasteiger partial charge in [-0.2, -0.15) is 0 Å². The monoisotopic (exact) mass is 346 g/mol. The van der Waals surface area contributed by atoms with Crippen LogP contribution in [0.5, 0.6) is 0 Å². The predicted molar refractivity (Wildman–Crippen MR) is 101 cm³/mol. The zero-order valence-electron chi connectivity index (χ0n) is 15.3. The number of carbonyl (C=O) groups excluding carboxylic acids is 1. The van der Waals surface area contributed by atoms with Crippen LogP contribution >= 0.6 is 0 Å². The number of benzene rings is 1. The van der Waals surface area contributed by atoms with E-state index in [1.54, 1.807) is 0 Å². The van der Waals surface area contributed by atoms with E-state index in [9.17, 15) is 4.79 Å². The molecule has 2 heterocycles. The van der Waals surface area contributed by atoms with Crippen molar-refractivity contribution in [1.82, 2.24) is 10.2 Å². The quantitative estimate of drug-likeness (QED) is 0.860. The third-order valence-electron chi connectivity index (χ3n) is 5.19. The third kappa shape index (κ3) is 4.86. The van der Waals surface area contributed by atoms with Crippen molar-refractivity contribution in [3.8, 4) is 0 Å². The highest BCUT2D eigenvalue weighted by molar-refractivity contribution is 5.89. The Labute approximate surface area is 150 Å². The summed E-state index contributed by atoms with van der Waals surface area (Å²) in [5.41, 5.74) is 2.03. The number of ether oxygens (including phenoxy) is 1. The second-order valence-corrected chi connectivity index (χ2v) is 6.91. The number of carbonyl (C=O) groups is 1. The van der Waals surface area contributed by atoms with Gasteiger partial charge in [-0.25, -0.2) is 4.79 Å². The molecular formula is C19H30N4O2. The van der Waals surface area contributed by atoms with Gasteiger partial charge in [0.1, 0.15) is 0 Å². The van der Waals surface area contributed by atoms with Crippen LogP contribution in [0.25, 0.3) is 0 Å². The molecule has 2 aliphatic heterocycles. The van der Waals surface area contributed by atoms with E-state index in [2.05, 4.69) is 39.5 Å². The van der Waals surface area contributed by atoms with Crippen LogP contribution in [0.2, 0.25) is 0 Å². The number of nitrogens with one attached hydrogen (secondary N) is 2. The first-order chi connectivity index (χ1) is 12.2. The Morgan fingerprint density at radius 2 is 1.96 bits per heavy atom. The number of anilines is 2. The molecule has 0 aliphatic carbocycles. The smallest absolute Gasteiger partial charge is 0.319 e. The summed E-state index contributed by atoms with van der Waals surface area (Å²) >= 11 is 0. The molecule has 0 radical (unpaired) electrons. The summed E-state index contributed by atoms with van der Waals surface area (Å²) in [5, 5.41) is 5.88. The zero-order chi connectivity index (χ0) is 17.6. The first-order valence-corrected chi connectivity index (χ1v) is 9.42. The van der Waals surface area contributed by atoms with E-state index >= 15 is 0 Å². The van der Waals surface area contributed by atoms with Crippen LogP contribution in [0.15, 0.2) is 24.3 Å². The van der Waals surface area contributed by atoms with Crippen molar-refractivity contribution in [2.75, 3.05) is 49.5 Å². The number of nitrogens with zero attached hydrogens (tertiary/aromatic N) is 2. The van der Waals surface area contributed by atoms with Crippen LogP contribution in [0, 0.1) is 0 Å². The molecule has 2 fully saturated rings. The number of amides is 2. The summed E-state index contributed by atoms with van der Waals surface area (Å²) in [7, 11) is 0. The summed E-state index contributed by atoms with van der Waals surface area (Å²) in [6, 6.07) is 7.96. The van der Waals surface area contributed by atoms with E-state index in [0.717, 1.165) is 57.9 Å². The fourth-order valence-electron chi connectivity index (χ4n) is 3.54. The summed E-state index contributed by atoms with van der Waals surface area (Å²) < 4.78 is 5.61. The second-order valence-electron chi connectivity index (χ2n) is 6.91. The van der Waals surface area contributed by atoms with Gasteiger partial charge in [-0.15, -0.1) is 0 Å². The molecule has 2 atom stereocenters. The number of piperazine rings is 1. The second kappa shape index (κ2) is 8.54. The highest BCUT2D eigenvalue weighted by Crippen LogP contribution is 2.20. The fraction of sp³-hybridized carbons (Fsp3) is 0.632. The lowest BCUT2D eigenvalue weighted by Crippen LogP contribution is -2.46. The Hall–Kier alpha value is -1.79. The van der Waals surface area contributed by atoms with Crippen LogP contribution in [-0.4, -0.2) is 62.4 Å². The van der Waals surface area contributed by atoms with E-state index in [0.29, 0.717) is 0 Å². The molecule has 1 aromatic rings. The molecule has 2 amide bonds. The van der Waals surface area contributed by atoms with E-state index < -0.39 is 0 Å². The molecule has 2 unspecified atom stereocenters. The molecule has 0 bridgehead atoms. The van der Waals surface area contributed by atoms with Crippen molar-refractivity contribution < 1.29 is 9.53 Å². The zero-order valence-corrected chi connectivity index (χ0v) is 15.3. The molecule has 1 aromatic carbocycles. The maximum absolute atomic E-state index is 12.1. The summed E-state index contributed by atoms with van der Waals surface area (Å²) in [5.74, 6) is 0. The Balaban J connectivity index is 1.48. The van der Waals surface area contributed by atoms with Gasteiger partial charge in [-0.3, -0.25) is 0 Å². The number of likely N-dealkylation sites (N-methyl/N-ethyl adjacent to an activating group) is 1. The Bertz CT molecular complexity index is 549. The SMILES string of the molecule is CCN1CCN(c2ccc(NC(=O)NC(C)C3CCCO3)cc2)CC1. The van der Waals surface area contributed by atoms with E-state index in [4.69, 9.17) is 4.74 Å². The van der Waals surface area contributed by atoms with Gasteiger partial charge in [0, 0.05) is 44.2 Å². The van der Waals surface area contributed by atoms with E-state index in [1.807, 2.05) is 19.1 Å². The Morgan fingerprint density at radius 3 is 2.56 bits per heavy atom. The Kier molecular flexibility index (Phi) is 6.15. The topological polar surface area (TPSA) is 56.8 Å². The predicted octanol–water partition coefficient (Wildman–Crippen LogP) is 2.52. The van der Waals surface area contributed by atoms with Crippen LogP contribution in [0.3, 0.4) is 0 Å². The number of rotatable bonds is 5. The summed E-state index contributed by atoms with van der Waals surface area (Å²) in [6.07, 6.45) is 2.23. The van der Waals surface area contributed by atoms with Crippen LogP contribution < -0.4 is 15.5 Å². The minimum Gasteiger partial charge on any atom is -0.376 e. The minimum absolute atomic E-state index is 0.0247. The first-order valence-electron chi connectivity index (χ1n) is 9.42. The normalized spacial score (nSPS) is 22.6. The average Bonchev–Trinajstić information content (AvgIpc) is 3.17. The summed E-state index contributed by atoms with van der Waals surface area (Å²) in [4.78, 5) is 17.0. The average molecular weight is 346 g/mol. The molecule has 0 saturated carbocycles. The summed E-state index contributed by atoms with van der Waals surface area (Å²) in [6.45, 7) is 10.5. The van der Waals surface area contributed by atoms with Gasteiger partial charge in [0.2, 0.25) is 0 Å². The lowest BCUT2D eigenvalue weighted by atomic mass is 10.1. The van der Waals surface area contributed by atoms with Crippen LogP contribution in [0.1, 0.15) is 26.7 Å². The van der Waals surface area contributed by atoms with Crippen molar-refractivity contribution in [2.24, 2.45) is 0 Å². The van der Waals surface area contributed by atoms with Crippen molar-refractivity contribution in [2.45, 2.75) is 38.8 Å². The van der Waals surface area contributed by atoms with Crippen LogP contribution in [0.4, 0.5) is 16.2 Å². The van der Waals surface area contributed by atoms with Crippen molar-refractivity contribution in [3.63, 3.8) is 0 Å². The van der Waals surface area contributed by atoms with Gasteiger partial charge in [0.15, 0.2) is 0 Å². The maximum Gasteiger partial charge on any atom is 0.319 e. The molecular weight excluding hydrogens is 316 g/mol. The number of hydrogen-bond acceptors (Lipinski definition) is 4. The molecule has 0 spiro atoms. The van der Waals surface area contributed by atoms with Crippen molar-refractivity contribution >= 4 is 17.4 Å². The molecule has 6 nitrogen and oxygen atoms in total. The highest BCUT2D eigenvalue weighted by atomic mass is 16.5. The third-order valence-corrected chi connectivity index (χ3v) is 5.19. The van der Waals surface area contributed by atoms with Crippen molar-refractivity contribution in [3.05, 3.63) is 24.3 Å². The Morgan fingerprint density at radius 1 is 1.24 bits per heavy atom. The van der Waals surface area contributed by atoms with Gasteiger partial charge >= 0.3 is 6.03 Å². The van der Waals surface area contributed by atoms with Gasteiger partial charge in [-0.1, -0.05) is 6.92 Å². The van der Waals surface area contributed by atoms with Crippen LogP contribution in [-0.2, 0) is 4.74 Å². The first kappa shape index (κ1) is 18.0. The highest BCUT2D eigenvalue weighted by Gasteiger charge is 2.23. The van der Waals surface area contributed by atoms with Gasteiger partial charge in [0.25, 0.3) is 0 Å². The minimum atomic E-state index is -0.174. The number of hydrogen-bond donors (Lipinski definition) is 2. The lowest BCUT2D eigenvalue weighted by Gasteiger charge is -2.35. The van der Waals surface area contributed by atoms with E-state index in [1.165, 1.54) is 5.69 Å². The standard InChI is InChI=1S/C19H30N4O2/c1-3-22-10-12-23(13-11-22)17-8-6-16(7-9-17)21-19(24)20-15(2)18-5-4-14-25-18/h6-9,15,18H,3-5,10-14H2,1-2H3,(H2,20,21,24). The van der Waals surface area contributed by atoms with Crippen molar-refractivity contribution in [1.29, 1.82) is 0 Å². The molecule has 25 heavy (non-hydrogen) atoms. The largest absolute Gasteiger partial charge is 0.376 e. The number of urea groups is 1.